The van der Waals surface area contributed by atoms with Gasteiger partial charge in [0.05, 0.1) is 23.2 Å². The first-order valence-electron chi connectivity index (χ1n) is 8.54. The number of nitrogens with one attached hydrogen (secondary N) is 1. The van der Waals surface area contributed by atoms with Gasteiger partial charge in [0.25, 0.3) is 0 Å². The highest BCUT2D eigenvalue weighted by Crippen LogP contribution is 2.23. The van der Waals surface area contributed by atoms with Gasteiger partial charge >= 0.3 is 0 Å². The van der Waals surface area contributed by atoms with E-state index in [1.54, 1.807) is 17.6 Å². The standard InChI is InChI=1S/C18H24BrN3O2S.HI/c1-22(12-16-4-5-17(19)25-16)18(21-11-14-7-10-23-13-14)20-8-6-15-3-2-9-24-15;/h2-5,9,14H,6-8,10-13H2,1H3,(H,20,21);1H. The Morgan fingerprint density at radius 3 is 2.96 bits per heavy atom. The molecule has 5 nitrogen and oxygen atoms in total. The second-order valence-electron chi connectivity index (χ2n) is 6.21. The zero-order valence-electron chi connectivity index (χ0n) is 14.8. The van der Waals surface area contributed by atoms with Crippen molar-refractivity contribution < 1.29 is 9.15 Å². The highest BCUT2D eigenvalue weighted by Gasteiger charge is 2.16. The molecule has 0 spiro atoms. The third-order valence-corrected chi connectivity index (χ3v) is 5.75. The summed E-state index contributed by atoms with van der Waals surface area (Å²) in [5.41, 5.74) is 0. The summed E-state index contributed by atoms with van der Waals surface area (Å²) in [5.74, 6) is 2.45. The van der Waals surface area contributed by atoms with E-state index < -0.39 is 0 Å². The second-order valence-corrected chi connectivity index (χ2v) is 8.76. The van der Waals surface area contributed by atoms with Crippen molar-refractivity contribution in [3.8, 4) is 0 Å². The van der Waals surface area contributed by atoms with Crippen LogP contribution >= 0.6 is 51.2 Å². The van der Waals surface area contributed by atoms with Gasteiger partial charge in [-0.2, -0.15) is 0 Å². The smallest absolute Gasteiger partial charge is 0.194 e. The van der Waals surface area contributed by atoms with E-state index in [-0.39, 0.29) is 24.0 Å². The Labute approximate surface area is 184 Å². The first-order chi connectivity index (χ1) is 12.2. The van der Waals surface area contributed by atoms with Crippen LogP contribution in [0.15, 0.2) is 43.7 Å². The van der Waals surface area contributed by atoms with Crippen molar-refractivity contribution in [3.05, 3.63) is 45.0 Å². The number of thiophene rings is 1. The topological polar surface area (TPSA) is 50.0 Å². The summed E-state index contributed by atoms with van der Waals surface area (Å²) < 4.78 is 12.0. The molecule has 2 aromatic rings. The summed E-state index contributed by atoms with van der Waals surface area (Å²) in [6, 6.07) is 8.16. The van der Waals surface area contributed by atoms with Gasteiger partial charge in [-0.1, -0.05) is 0 Å². The lowest BCUT2D eigenvalue weighted by Crippen LogP contribution is -2.39. The quantitative estimate of drug-likeness (QED) is 0.314. The molecule has 26 heavy (non-hydrogen) atoms. The number of hydrogen-bond donors (Lipinski definition) is 1. The van der Waals surface area contributed by atoms with Crippen LogP contribution in [0.2, 0.25) is 0 Å². The molecular formula is C18H25BrIN3O2S. The molecule has 0 aliphatic carbocycles. The average Bonchev–Trinajstić information content (AvgIpc) is 3.34. The van der Waals surface area contributed by atoms with Crippen LogP contribution in [-0.2, 0) is 17.7 Å². The van der Waals surface area contributed by atoms with Crippen molar-refractivity contribution in [2.24, 2.45) is 10.9 Å². The molecule has 8 heteroatoms. The van der Waals surface area contributed by atoms with Gasteiger partial charge in [0.15, 0.2) is 5.96 Å². The summed E-state index contributed by atoms with van der Waals surface area (Å²) in [4.78, 5) is 8.32. The normalized spacial score (nSPS) is 17.2. The molecule has 1 unspecified atom stereocenters. The van der Waals surface area contributed by atoms with Crippen LogP contribution in [0.5, 0.6) is 0 Å². The molecule has 0 bridgehead atoms. The molecule has 0 radical (unpaired) electrons. The predicted molar refractivity (Wildman–Crippen MR) is 121 cm³/mol. The number of hydrogen-bond acceptors (Lipinski definition) is 4. The van der Waals surface area contributed by atoms with Crippen LogP contribution in [0.4, 0.5) is 0 Å². The fourth-order valence-corrected chi connectivity index (χ4v) is 4.29. The number of furan rings is 1. The fraction of sp³-hybridized carbons (Fsp3) is 0.500. The molecule has 1 saturated heterocycles. The van der Waals surface area contributed by atoms with E-state index in [9.17, 15) is 0 Å². The largest absolute Gasteiger partial charge is 0.469 e. The number of ether oxygens (including phenoxy) is 1. The maximum absolute atomic E-state index is 5.46. The molecule has 1 atom stereocenters. The van der Waals surface area contributed by atoms with E-state index in [1.807, 2.05) is 12.1 Å². The monoisotopic (exact) mass is 553 g/mol. The molecule has 0 saturated carbocycles. The Morgan fingerprint density at radius 1 is 1.42 bits per heavy atom. The molecule has 3 heterocycles. The third-order valence-electron chi connectivity index (χ3n) is 4.14. The lowest BCUT2D eigenvalue weighted by molar-refractivity contribution is 0.187. The molecule has 0 amide bonds. The van der Waals surface area contributed by atoms with Gasteiger partial charge in [-0.15, -0.1) is 35.3 Å². The average molecular weight is 554 g/mol. The van der Waals surface area contributed by atoms with Crippen LogP contribution in [0.3, 0.4) is 0 Å². The molecule has 1 N–H and O–H groups in total. The van der Waals surface area contributed by atoms with Crippen molar-refractivity contribution in [3.63, 3.8) is 0 Å². The van der Waals surface area contributed by atoms with Crippen LogP contribution < -0.4 is 5.32 Å². The van der Waals surface area contributed by atoms with Gasteiger partial charge in [-0.05, 0) is 46.6 Å². The molecule has 0 aromatic carbocycles. The van der Waals surface area contributed by atoms with Crippen LogP contribution in [0.25, 0.3) is 0 Å². The van der Waals surface area contributed by atoms with E-state index >= 15 is 0 Å². The minimum absolute atomic E-state index is 0. The van der Waals surface area contributed by atoms with Gasteiger partial charge in [-0.3, -0.25) is 4.99 Å². The molecule has 1 aliphatic heterocycles. The zero-order chi connectivity index (χ0) is 17.5. The molecule has 2 aromatic heterocycles. The van der Waals surface area contributed by atoms with Gasteiger partial charge in [-0.25, -0.2) is 0 Å². The number of guanidine groups is 1. The Hall–Kier alpha value is -0.580. The van der Waals surface area contributed by atoms with E-state index in [4.69, 9.17) is 14.1 Å². The van der Waals surface area contributed by atoms with Crippen LogP contribution in [-0.4, -0.2) is 44.2 Å². The summed E-state index contributed by atoms with van der Waals surface area (Å²) in [6.07, 6.45) is 3.66. The summed E-state index contributed by atoms with van der Waals surface area (Å²) >= 11 is 5.28. The molecule has 1 aliphatic rings. The highest BCUT2D eigenvalue weighted by atomic mass is 127. The third kappa shape index (κ3) is 6.86. The van der Waals surface area contributed by atoms with Crippen molar-refractivity contribution in [1.82, 2.24) is 10.2 Å². The number of aliphatic imine (C=N–C) groups is 1. The van der Waals surface area contributed by atoms with E-state index in [0.717, 1.165) is 61.2 Å². The Bertz CT molecular complexity index is 672. The minimum Gasteiger partial charge on any atom is -0.469 e. The summed E-state index contributed by atoms with van der Waals surface area (Å²) in [6.45, 7) is 4.13. The van der Waals surface area contributed by atoms with Gasteiger partial charge in [0.2, 0.25) is 0 Å². The Morgan fingerprint density at radius 2 is 2.31 bits per heavy atom. The number of rotatable bonds is 7. The van der Waals surface area contributed by atoms with Crippen LogP contribution in [0.1, 0.15) is 17.1 Å². The maximum Gasteiger partial charge on any atom is 0.194 e. The second kappa shape index (κ2) is 11.3. The van der Waals surface area contributed by atoms with Crippen molar-refractivity contribution >= 4 is 57.2 Å². The Balaban J connectivity index is 0.00000243. The zero-order valence-corrected chi connectivity index (χ0v) is 19.6. The van der Waals surface area contributed by atoms with Crippen molar-refractivity contribution in [2.75, 3.05) is 33.4 Å². The number of halogens is 2. The Kier molecular flexibility index (Phi) is 9.44. The van der Waals surface area contributed by atoms with E-state index in [0.29, 0.717) is 5.92 Å². The first-order valence-corrected chi connectivity index (χ1v) is 10.2. The molecule has 1 fully saturated rings. The van der Waals surface area contributed by atoms with Gasteiger partial charge < -0.3 is 19.4 Å². The summed E-state index contributed by atoms with van der Waals surface area (Å²) in [5, 5.41) is 3.48. The van der Waals surface area contributed by atoms with E-state index in [1.165, 1.54) is 4.88 Å². The fourth-order valence-electron chi connectivity index (χ4n) is 2.75. The van der Waals surface area contributed by atoms with Crippen molar-refractivity contribution in [1.29, 1.82) is 0 Å². The lowest BCUT2D eigenvalue weighted by atomic mass is 10.1. The SMILES string of the molecule is CN(Cc1ccc(Br)s1)C(=NCC1CCOC1)NCCc1ccco1.I. The maximum atomic E-state index is 5.46. The molecular weight excluding hydrogens is 529 g/mol. The first kappa shape index (κ1) is 21.7. The highest BCUT2D eigenvalue weighted by molar-refractivity contribution is 14.0. The molecule has 3 rings (SSSR count). The van der Waals surface area contributed by atoms with E-state index in [2.05, 4.69) is 45.3 Å². The van der Waals surface area contributed by atoms with Crippen LogP contribution in [0, 0.1) is 5.92 Å². The van der Waals surface area contributed by atoms with Crippen molar-refractivity contribution in [2.45, 2.75) is 19.4 Å². The molecule has 144 valence electrons. The summed E-state index contributed by atoms with van der Waals surface area (Å²) in [7, 11) is 2.08. The predicted octanol–water partition coefficient (Wildman–Crippen LogP) is 4.38. The number of nitrogens with zero attached hydrogens (tertiary/aromatic N) is 2. The van der Waals surface area contributed by atoms with Gasteiger partial charge in [0.1, 0.15) is 5.76 Å². The minimum atomic E-state index is 0. The van der Waals surface area contributed by atoms with Gasteiger partial charge in [0, 0.05) is 44.0 Å². The lowest BCUT2D eigenvalue weighted by Gasteiger charge is -2.22.